The number of hydrogen-bond acceptors (Lipinski definition) is 3. The van der Waals surface area contributed by atoms with Gasteiger partial charge in [0.2, 0.25) is 0 Å². The molecular weight excluding hydrogens is 256 g/mol. The largest absolute Gasteiger partial charge is 0.445 e. The third-order valence-electron chi connectivity index (χ3n) is 3.50. The van der Waals surface area contributed by atoms with Gasteiger partial charge in [0.25, 0.3) is 0 Å². The number of azide groups is 1. The average molecular weight is 274 g/mol. The number of benzene rings is 1. The van der Waals surface area contributed by atoms with Crippen LogP contribution in [0.4, 0.5) is 4.79 Å². The molecule has 1 amide bonds. The Kier molecular flexibility index (Phi) is 4.85. The van der Waals surface area contributed by atoms with Crippen LogP contribution >= 0.6 is 0 Å². The van der Waals surface area contributed by atoms with Crippen molar-refractivity contribution in [2.45, 2.75) is 38.5 Å². The number of ether oxygens (including phenoxy) is 1. The van der Waals surface area contributed by atoms with Crippen molar-refractivity contribution in [3.05, 3.63) is 46.3 Å². The molecule has 6 heteroatoms. The number of piperidine rings is 1. The quantitative estimate of drug-likeness (QED) is 0.480. The van der Waals surface area contributed by atoms with Crippen molar-refractivity contribution in [3.63, 3.8) is 0 Å². The number of carbonyl (C=O) groups excluding carboxylic acids is 1. The van der Waals surface area contributed by atoms with E-state index >= 15 is 0 Å². The van der Waals surface area contributed by atoms with Gasteiger partial charge in [0.15, 0.2) is 0 Å². The van der Waals surface area contributed by atoms with Gasteiger partial charge in [-0.1, -0.05) is 35.4 Å². The molecular formula is C14H18N4O2. The second kappa shape index (κ2) is 6.82. The minimum absolute atomic E-state index is 0.0202. The maximum absolute atomic E-state index is 12.0. The van der Waals surface area contributed by atoms with E-state index in [9.17, 15) is 4.79 Å². The summed E-state index contributed by atoms with van der Waals surface area (Å²) in [5.41, 5.74) is 9.41. The molecule has 0 N–H and O–H groups in total. The van der Waals surface area contributed by atoms with E-state index < -0.39 is 0 Å². The van der Waals surface area contributed by atoms with Crippen molar-refractivity contribution in [2.75, 3.05) is 6.54 Å². The fourth-order valence-corrected chi connectivity index (χ4v) is 2.40. The minimum atomic E-state index is -0.305. The van der Waals surface area contributed by atoms with Gasteiger partial charge in [-0.3, -0.25) is 0 Å². The first-order chi connectivity index (χ1) is 9.70. The predicted octanol–water partition coefficient (Wildman–Crippen LogP) is 3.49. The van der Waals surface area contributed by atoms with Gasteiger partial charge in [-0.05, 0) is 30.9 Å². The van der Waals surface area contributed by atoms with Crippen LogP contribution in [-0.2, 0) is 11.3 Å². The van der Waals surface area contributed by atoms with Crippen molar-refractivity contribution in [1.29, 1.82) is 0 Å². The second-order valence-corrected chi connectivity index (χ2v) is 4.97. The van der Waals surface area contributed by atoms with Crippen LogP contribution in [0.2, 0.25) is 0 Å². The molecule has 1 saturated heterocycles. The van der Waals surface area contributed by atoms with Crippen LogP contribution in [-0.4, -0.2) is 29.6 Å². The maximum Gasteiger partial charge on any atom is 0.410 e. The van der Waals surface area contributed by atoms with E-state index in [1.165, 1.54) is 0 Å². The monoisotopic (exact) mass is 274 g/mol. The lowest BCUT2D eigenvalue weighted by atomic mass is 10.00. The molecule has 1 aromatic rings. The lowest BCUT2D eigenvalue weighted by Crippen LogP contribution is -2.45. The smallest absolute Gasteiger partial charge is 0.410 e. The third-order valence-corrected chi connectivity index (χ3v) is 3.50. The van der Waals surface area contributed by atoms with E-state index in [1.54, 1.807) is 4.90 Å². The first-order valence-corrected chi connectivity index (χ1v) is 6.72. The van der Waals surface area contributed by atoms with E-state index in [4.69, 9.17) is 10.3 Å². The highest BCUT2D eigenvalue weighted by Gasteiger charge is 2.29. The maximum atomic E-state index is 12.0. The SMILES string of the molecule is CC1CC(N=[N+]=[N-])CCN1C(=O)OCc1ccccc1. The van der Waals surface area contributed by atoms with E-state index in [0.29, 0.717) is 19.4 Å². The second-order valence-electron chi connectivity index (χ2n) is 4.97. The first-order valence-electron chi connectivity index (χ1n) is 6.72. The highest BCUT2D eigenvalue weighted by Crippen LogP contribution is 2.21. The highest BCUT2D eigenvalue weighted by atomic mass is 16.6. The van der Waals surface area contributed by atoms with Gasteiger partial charge in [-0.2, -0.15) is 0 Å². The zero-order chi connectivity index (χ0) is 14.4. The van der Waals surface area contributed by atoms with Gasteiger partial charge >= 0.3 is 6.09 Å². The lowest BCUT2D eigenvalue weighted by Gasteiger charge is -2.35. The van der Waals surface area contributed by atoms with Crippen LogP contribution in [0.15, 0.2) is 35.4 Å². The summed E-state index contributed by atoms with van der Waals surface area (Å²) in [4.78, 5) is 16.6. The van der Waals surface area contributed by atoms with Crippen molar-refractivity contribution < 1.29 is 9.53 Å². The predicted molar refractivity (Wildman–Crippen MR) is 75.0 cm³/mol. The molecule has 1 aliphatic heterocycles. The summed E-state index contributed by atoms with van der Waals surface area (Å²) < 4.78 is 5.32. The minimum Gasteiger partial charge on any atom is -0.445 e. The van der Waals surface area contributed by atoms with Crippen LogP contribution in [0.5, 0.6) is 0 Å². The van der Waals surface area contributed by atoms with Crippen molar-refractivity contribution >= 4 is 6.09 Å². The molecule has 1 heterocycles. The molecule has 106 valence electrons. The molecule has 0 aliphatic carbocycles. The topological polar surface area (TPSA) is 78.3 Å². The molecule has 2 atom stereocenters. The molecule has 1 aliphatic rings. The summed E-state index contributed by atoms with van der Waals surface area (Å²) in [6.07, 6.45) is 1.07. The number of nitrogens with zero attached hydrogens (tertiary/aromatic N) is 4. The van der Waals surface area contributed by atoms with E-state index in [0.717, 1.165) is 5.56 Å². The first kappa shape index (κ1) is 14.2. The molecule has 20 heavy (non-hydrogen) atoms. The zero-order valence-corrected chi connectivity index (χ0v) is 11.5. The third kappa shape index (κ3) is 3.65. The Morgan fingerprint density at radius 1 is 1.50 bits per heavy atom. The highest BCUT2D eigenvalue weighted by molar-refractivity contribution is 5.68. The standard InChI is InChI=1S/C14H18N4O2/c1-11-9-13(16-17-15)7-8-18(11)14(19)20-10-12-5-3-2-4-6-12/h2-6,11,13H,7-10H2,1H3. The summed E-state index contributed by atoms with van der Waals surface area (Å²) in [5.74, 6) is 0. The molecule has 0 radical (unpaired) electrons. The van der Waals surface area contributed by atoms with Gasteiger partial charge in [-0.15, -0.1) is 0 Å². The summed E-state index contributed by atoms with van der Waals surface area (Å²) in [5, 5.41) is 3.72. The lowest BCUT2D eigenvalue weighted by molar-refractivity contribution is 0.0691. The molecule has 2 rings (SSSR count). The van der Waals surface area contributed by atoms with Crippen LogP contribution in [0.1, 0.15) is 25.3 Å². The molecule has 0 bridgehead atoms. The summed E-state index contributed by atoms with van der Waals surface area (Å²) in [7, 11) is 0. The van der Waals surface area contributed by atoms with E-state index in [1.807, 2.05) is 37.3 Å². The van der Waals surface area contributed by atoms with Gasteiger partial charge in [0.05, 0.1) is 0 Å². The van der Waals surface area contributed by atoms with Crippen molar-refractivity contribution in [3.8, 4) is 0 Å². The van der Waals surface area contributed by atoms with Gasteiger partial charge in [0.1, 0.15) is 6.61 Å². The number of rotatable bonds is 3. The fourth-order valence-electron chi connectivity index (χ4n) is 2.40. The molecule has 1 aromatic carbocycles. The van der Waals surface area contributed by atoms with Crippen LogP contribution in [0.25, 0.3) is 10.4 Å². The van der Waals surface area contributed by atoms with E-state index in [-0.39, 0.29) is 24.8 Å². The van der Waals surface area contributed by atoms with Gasteiger partial charge in [0, 0.05) is 23.5 Å². The Bertz CT molecular complexity index is 499. The molecule has 0 saturated carbocycles. The van der Waals surface area contributed by atoms with Crippen LogP contribution in [0.3, 0.4) is 0 Å². The number of carbonyl (C=O) groups is 1. The Hall–Kier alpha value is -2.20. The molecule has 0 spiro atoms. The number of amides is 1. The average Bonchev–Trinajstić information content (AvgIpc) is 2.46. The summed E-state index contributed by atoms with van der Waals surface area (Å²) in [6.45, 7) is 2.80. The van der Waals surface area contributed by atoms with Crippen molar-refractivity contribution in [2.24, 2.45) is 5.11 Å². The molecule has 1 fully saturated rings. The fraction of sp³-hybridized carbons (Fsp3) is 0.500. The van der Waals surface area contributed by atoms with Gasteiger partial charge in [-0.25, -0.2) is 4.79 Å². The summed E-state index contributed by atoms with van der Waals surface area (Å²) in [6, 6.07) is 9.60. The number of hydrogen-bond donors (Lipinski definition) is 0. The Labute approximate surface area is 118 Å². The van der Waals surface area contributed by atoms with Crippen molar-refractivity contribution in [1.82, 2.24) is 4.90 Å². The van der Waals surface area contributed by atoms with Gasteiger partial charge < -0.3 is 9.64 Å². The Morgan fingerprint density at radius 3 is 2.90 bits per heavy atom. The molecule has 0 aromatic heterocycles. The summed E-state index contributed by atoms with van der Waals surface area (Å²) >= 11 is 0. The van der Waals surface area contributed by atoms with Crippen LogP contribution in [0, 0.1) is 0 Å². The van der Waals surface area contributed by atoms with Crippen LogP contribution < -0.4 is 0 Å². The Balaban J connectivity index is 1.85. The number of likely N-dealkylation sites (tertiary alicyclic amines) is 1. The molecule has 6 nitrogen and oxygen atoms in total. The van der Waals surface area contributed by atoms with E-state index in [2.05, 4.69) is 10.0 Å². The Morgan fingerprint density at radius 2 is 2.25 bits per heavy atom. The normalized spacial score (nSPS) is 21.9. The zero-order valence-electron chi connectivity index (χ0n) is 11.5. The molecule has 2 unspecified atom stereocenters.